The molecule has 0 radical (unpaired) electrons. The number of amides is 2. The highest BCUT2D eigenvalue weighted by molar-refractivity contribution is 7.13. The molecule has 2 N–H and O–H groups in total. The first-order chi connectivity index (χ1) is 11.5. The molecule has 1 saturated heterocycles. The molecule has 1 aliphatic heterocycles. The lowest BCUT2D eigenvalue weighted by Gasteiger charge is -2.20. The molecule has 24 heavy (non-hydrogen) atoms. The summed E-state index contributed by atoms with van der Waals surface area (Å²) in [7, 11) is 0. The van der Waals surface area contributed by atoms with Crippen LogP contribution in [-0.4, -0.2) is 59.3 Å². The number of hydrogen-bond donors (Lipinski definition) is 1. The topological polar surface area (TPSA) is 92.7 Å². The predicted molar refractivity (Wildman–Crippen MR) is 90.7 cm³/mol. The quantitative estimate of drug-likeness (QED) is 0.900. The van der Waals surface area contributed by atoms with Gasteiger partial charge in [0.25, 0.3) is 5.91 Å². The van der Waals surface area contributed by atoms with Crippen LogP contribution in [0.3, 0.4) is 0 Å². The minimum Gasteiger partial charge on any atom is -0.459 e. The number of thiazole rings is 1. The summed E-state index contributed by atoms with van der Waals surface area (Å²) in [5.41, 5.74) is 5.68. The summed E-state index contributed by atoms with van der Waals surface area (Å²) in [6.45, 7) is 4.74. The summed E-state index contributed by atoms with van der Waals surface area (Å²) in [4.78, 5) is 31.9. The number of hydrogen-bond acceptors (Lipinski definition) is 6. The van der Waals surface area contributed by atoms with Gasteiger partial charge in [-0.05, 0) is 25.5 Å². The summed E-state index contributed by atoms with van der Waals surface area (Å²) in [6.07, 6.45) is 0.813. The Morgan fingerprint density at radius 2 is 2.12 bits per heavy atom. The van der Waals surface area contributed by atoms with E-state index in [0.29, 0.717) is 36.1 Å². The fourth-order valence-electron chi connectivity index (χ4n) is 2.75. The Morgan fingerprint density at radius 3 is 2.83 bits per heavy atom. The highest BCUT2D eigenvalue weighted by Gasteiger charge is 2.23. The SMILES string of the molecule is Cc1ccc(-c2nc(C(=O)N3CCCN(CC(N)=O)CC3)cs2)o1. The highest BCUT2D eigenvalue weighted by atomic mass is 32.1. The van der Waals surface area contributed by atoms with E-state index in [4.69, 9.17) is 10.2 Å². The first-order valence-electron chi connectivity index (χ1n) is 7.85. The smallest absolute Gasteiger partial charge is 0.273 e. The van der Waals surface area contributed by atoms with E-state index in [0.717, 1.165) is 18.7 Å². The Bertz CT molecular complexity index is 739. The molecule has 3 heterocycles. The van der Waals surface area contributed by atoms with Crippen molar-refractivity contribution in [2.45, 2.75) is 13.3 Å². The lowest BCUT2D eigenvalue weighted by Crippen LogP contribution is -2.38. The zero-order valence-electron chi connectivity index (χ0n) is 13.5. The van der Waals surface area contributed by atoms with E-state index in [1.165, 1.54) is 11.3 Å². The molecule has 128 valence electrons. The molecular weight excluding hydrogens is 328 g/mol. The minimum atomic E-state index is -0.340. The van der Waals surface area contributed by atoms with Crippen LogP contribution in [0, 0.1) is 6.92 Å². The van der Waals surface area contributed by atoms with Gasteiger partial charge in [-0.15, -0.1) is 11.3 Å². The zero-order valence-corrected chi connectivity index (χ0v) is 14.3. The van der Waals surface area contributed by atoms with Crippen molar-refractivity contribution in [2.24, 2.45) is 5.73 Å². The molecule has 2 aromatic heterocycles. The van der Waals surface area contributed by atoms with Gasteiger partial charge in [-0.3, -0.25) is 14.5 Å². The third-order valence-corrected chi connectivity index (χ3v) is 4.79. The van der Waals surface area contributed by atoms with Crippen LogP contribution in [0.1, 0.15) is 22.7 Å². The zero-order chi connectivity index (χ0) is 17.1. The first kappa shape index (κ1) is 16.7. The number of aromatic nitrogens is 1. The average molecular weight is 348 g/mol. The van der Waals surface area contributed by atoms with Crippen molar-refractivity contribution in [1.29, 1.82) is 0 Å². The standard InChI is InChI=1S/C16H20N4O3S/c1-11-3-4-13(23-11)15-18-12(10-24-15)16(22)20-6-2-5-19(7-8-20)9-14(17)21/h3-4,10H,2,5-9H2,1H3,(H2,17,21). The average Bonchev–Trinajstić information content (AvgIpc) is 3.12. The summed E-state index contributed by atoms with van der Waals surface area (Å²) in [6, 6.07) is 3.73. The van der Waals surface area contributed by atoms with Crippen LogP contribution in [0.5, 0.6) is 0 Å². The minimum absolute atomic E-state index is 0.0818. The summed E-state index contributed by atoms with van der Waals surface area (Å²) in [5.74, 6) is 1.07. The predicted octanol–water partition coefficient (Wildman–Crippen LogP) is 1.34. The normalized spacial score (nSPS) is 16.1. The molecule has 0 bridgehead atoms. The van der Waals surface area contributed by atoms with Crippen molar-refractivity contribution in [3.63, 3.8) is 0 Å². The van der Waals surface area contributed by atoms with Gasteiger partial charge in [-0.1, -0.05) is 0 Å². The second-order valence-corrected chi connectivity index (χ2v) is 6.69. The van der Waals surface area contributed by atoms with Crippen molar-refractivity contribution in [1.82, 2.24) is 14.8 Å². The number of rotatable bonds is 4. The van der Waals surface area contributed by atoms with Gasteiger partial charge in [0.15, 0.2) is 10.8 Å². The maximum absolute atomic E-state index is 12.7. The third-order valence-electron chi connectivity index (χ3n) is 3.93. The molecule has 0 saturated carbocycles. The van der Waals surface area contributed by atoms with Crippen molar-refractivity contribution in [3.8, 4) is 10.8 Å². The molecule has 7 nitrogen and oxygen atoms in total. The molecule has 1 fully saturated rings. The van der Waals surface area contributed by atoms with Crippen molar-refractivity contribution >= 4 is 23.2 Å². The third kappa shape index (κ3) is 3.82. The molecule has 1 aliphatic rings. The van der Waals surface area contributed by atoms with E-state index >= 15 is 0 Å². The highest BCUT2D eigenvalue weighted by Crippen LogP contribution is 2.26. The van der Waals surface area contributed by atoms with Gasteiger partial charge in [0.2, 0.25) is 5.91 Å². The monoisotopic (exact) mass is 348 g/mol. The van der Waals surface area contributed by atoms with E-state index in [-0.39, 0.29) is 18.4 Å². The lowest BCUT2D eigenvalue weighted by molar-refractivity contribution is -0.119. The van der Waals surface area contributed by atoms with Gasteiger partial charge in [-0.2, -0.15) is 0 Å². The molecule has 3 rings (SSSR count). The van der Waals surface area contributed by atoms with Crippen molar-refractivity contribution < 1.29 is 14.0 Å². The summed E-state index contributed by atoms with van der Waals surface area (Å²) in [5, 5.41) is 2.47. The van der Waals surface area contributed by atoms with Gasteiger partial charge in [0.05, 0.1) is 6.54 Å². The van der Waals surface area contributed by atoms with Crippen LogP contribution in [-0.2, 0) is 4.79 Å². The van der Waals surface area contributed by atoms with E-state index in [2.05, 4.69) is 4.98 Å². The Kier molecular flexibility index (Phi) is 4.96. The van der Waals surface area contributed by atoms with Gasteiger partial charge in [-0.25, -0.2) is 4.98 Å². The molecule has 2 amide bonds. The Morgan fingerprint density at radius 1 is 1.29 bits per heavy atom. The molecule has 0 atom stereocenters. The molecule has 0 aromatic carbocycles. The van der Waals surface area contributed by atoms with Crippen LogP contribution in [0.15, 0.2) is 21.9 Å². The number of primary amides is 1. The second-order valence-electron chi connectivity index (χ2n) is 5.84. The molecule has 2 aromatic rings. The van der Waals surface area contributed by atoms with E-state index in [9.17, 15) is 9.59 Å². The Labute approximate surface area is 144 Å². The molecule has 8 heteroatoms. The van der Waals surface area contributed by atoms with E-state index in [1.807, 2.05) is 24.0 Å². The van der Waals surface area contributed by atoms with Gasteiger partial charge in [0, 0.05) is 31.6 Å². The lowest BCUT2D eigenvalue weighted by atomic mass is 10.3. The fraction of sp³-hybridized carbons (Fsp3) is 0.438. The first-order valence-corrected chi connectivity index (χ1v) is 8.73. The van der Waals surface area contributed by atoms with E-state index < -0.39 is 0 Å². The maximum Gasteiger partial charge on any atom is 0.273 e. The van der Waals surface area contributed by atoms with Crippen LogP contribution in [0.4, 0.5) is 0 Å². The Balaban J connectivity index is 1.66. The van der Waals surface area contributed by atoms with Crippen LogP contribution in [0.25, 0.3) is 10.8 Å². The maximum atomic E-state index is 12.7. The number of carbonyl (C=O) groups is 2. The Hall–Kier alpha value is -2.19. The van der Waals surface area contributed by atoms with Crippen LogP contribution in [0.2, 0.25) is 0 Å². The second kappa shape index (κ2) is 7.14. The van der Waals surface area contributed by atoms with Crippen LogP contribution >= 0.6 is 11.3 Å². The largest absolute Gasteiger partial charge is 0.459 e. The molecular formula is C16H20N4O3S. The number of carbonyl (C=O) groups excluding carboxylic acids is 2. The van der Waals surface area contributed by atoms with Crippen molar-refractivity contribution in [3.05, 3.63) is 29.0 Å². The molecule has 0 spiro atoms. The van der Waals surface area contributed by atoms with Crippen LogP contribution < -0.4 is 5.73 Å². The van der Waals surface area contributed by atoms with Gasteiger partial charge in [0.1, 0.15) is 11.5 Å². The number of nitrogens with zero attached hydrogens (tertiary/aromatic N) is 3. The number of nitrogens with two attached hydrogens (primary N) is 1. The van der Waals surface area contributed by atoms with Crippen molar-refractivity contribution in [2.75, 3.05) is 32.7 Å². The molecule has 0 unspecified atom stereocenters. The van der Waals surface area contributed by atoms with Gasteiger partial charge >= 0.3 is 0 Å². The molecule has 0 aliphatic carbocycles. The number of furan rings is 1. The number of aryl methyl sites for hydroxylation is 1. The summed E-state index contributed by atoms with van der Waals surface area (Å²) < 4.78 is 5.55. The van der Waals surface area contributed by atoms with E-state index in [1.54, 1.807) is 10.3 Å². The fourth-order valence-corrected chi connectivity index (χ4v) is 3.50. The van der Waals surface area contributed by atoms with Gasteiger partial charge < -0.3 is 15.1 Å². The summed E-state index contributed by atoms with van der Waals surface area (Å²) >= 11 is 1.40.